The molecule has 0 atom stereocenters. The van der Waals surface area contributed by atoms with Gasteiger partial charge in [-0.05, 0) is 31.5 Å². The molecule has 2 heterocycles. The number of fused-ring (bicyclic) bond motifs is 1. The van der Waals surface area contributed by atoms with Crippen molar-refractivity contribution in [2.45, 2.75) is 13.8 Å². The highest BCUT2D eigenvalue weighted by atomic mass is 32.1. The van der Waals surface area contributed by atoms with E-state index in [1.165, 1.54) is 11.9 Å². The van der Waals surface area contributed by atoms with Crippen LogP contribution in [0.3, 0.4) is 0 Å². The van der Waals surface area contributed by atoms with Gasteiger partial charge >= 0.3 is 0 Å². The third kappa shape index (κ3) is 3.52. The van der Waals surface area contributed by atoms with Crippen molar-refractivity contribution in [3.8, 4) is 16.9 Å². The summed E-state index contributed by atoms with van der Waals surface area (Å²) in [6.07, 6.45) is 3.12. The molecule has 27 heavy (non-hydrogen) atoms. The molecule has 0 radical (unpaired) electrons. The lowest BCUT2D eigenvalue weighted by Gasteiger charge is -2.05. The number of phenols is 1. The van der Waals surface area contributed by atoms with E-state index < -0.39 is 0 Å². The van der Waals surface area contributed by atoms with Crippen molar-refractivity contribution in [2.24, 2.45) is 5.10 Å². The Morgan fingerprint density at radius 2 is 1.81 bits per heavy atom. The number of anilines is 1. The summed E-state index contributed by atoms with van der Waals surface area (Å²) in [6.45, 7) is 4.04. The van der Waals surface area contributed by atoms with Gasteiger partial charge in [-0.1, -0.05) is 41.5 Å². The van der Waals surface area contributed by atoms with E-state index in [4.69, 9.17) is 0 Å². The number of hydrazone groups is 1. The third-order valence-electron chi connectivity index (χ3n) is 4.29. The van der Waals surface area contributed by atoms with Gasteiger partial charge in [0.25, 0.3) is 0 Å². The molecule has 0 aliphatic rings. The molecular formula is C21H18N4OS. The van der Waals surface area contributed by atoms with Crippen LogP contribution in [0.2, 0.25) is 0 Å². The molecule has 4 aromatic rings. The average Bonchev–Trinajstić information content (AvgIpc) is 3.10. The Morgan fingerprint density at radius 1 is 1.04 bits per heavy atom. The van der Waals surface area contributed by atoms with E-state index in [0.29, 0.717) is 11.4 Å². The molecular weight excluding hydrogens is 356 g/mol. The number of hydrogen-bond acceptors (Lipinski definition) is 6. The number of aryl methyl sites for hydroxylation is 2. The first-order chi connectivity index (χ1) is 13.1. The van der Waals surface area contributed by atoms with E-state index in [-0.39, 0.29) is 5.75 Å². The molecule has 0 bridgehead atoms. The van der Waals surface area contributed by atoms with Gasteiger partial charge < -0.3 is 5.11 Å². The first kappa shape index (κ1) is 17.2. The van der Waals surface area contributed by atoms with E-state index >= 15 is 0 Å². The van der Waals surface area contributed by atoms with Crippen molar-refractivity contribution >= 4 is 33.6 Å². The van der Waals surface area contributed by atoms with Crippen LogP contribution >= 0.6 is 11.3 Å². The third-order valence-corrected chi connectivity index (χ3v) is 5.18. The van der Waals surface area contributed by atoms with Crippen LogP contribution in [0.4, 0.5) is 5.82 Å². The smallest absolute Gasteiger partial charge is 0.159 e. The molecule has 2 aromatic carbocycles. The number of benzene rings is 2. The Kier molecular flexibility index (Phi) is 4.56. The fourth-order valence-electron chi connectivity index (χ4n) is 2.85. The quantitative estimate of drug-likeness (QED) is 0.384. The molecule has 6 heteroatoms. The lowest BCUT2D eigenvalue weighted by molar-refractivity contribution is 0.474. The molecule has 0 saturated heterocycles. The Hall–Kier alpha value is -3.25. The summed E-state index contributed by atoms with van der Waals surface area (Å²) >= 11 is 1.58. The minimum atomic E-state index is 0.190. The molecule has 0 aliphatic heterocycles. The minimum Gasteiger partial charge on any atom is -0.507 e. The van der Waals surface area contributed by atoms with Crippen LogP contribution in [-0.2, 0) is 0 Å². The molecule has 4 rings (SSSR count). The molecule has 0 aliphatic carbocycles. The predicted molar refractivity (Wildman–Crippen MR) is 112 cm³/mol. The lowest BCUT2D eigenvalue weighted by Crippen LogP contribution is -1.96. The lowest BCUT2D eigenvalue weighted by atomic mass is 10.0. The molecule has 5 nitrogen and oxygen atoms in total. The number of aromatic hydroxyl groups is 1. The molecule has 0 fully saturated rings. The highest BCUT2D eigenvalue weighted by molar-refractivity contribution is 7.17. The van der Waals surface area contributed by atoms with Gasteiger partial charge in [0.05, 0.1) is 11.6 Å². The second kappa shape index (κ2) is 7.17. The number of aromatic nitrogens is 2. The van der Waals surface area contributed by atoms with Gasteiger partial charge in [0.1, 0.15) is 16.9 Å². The Morgan fingerprint density at radius 3 is 2.63 bits per heavy atom. The van der Waals surface area contributed by atoms with Crippen LogP contribution in [0.25, 0.3) is 21.3 Å². The Bertz CT molecular complexity index is 1130. The van der Waals surface area contributed by atoms with Crippen LogP contribution in [0.1, 0.15) is 16.7 Å². The molecule has 2 N–H and O–H groups in total. The zero-order chi connectivity index (χ0) is 18.8. The molecule has 2 aromatic heterocycles. The van der Waals surface area contributed by atoms with Crippen molar-refractivity contribution in [1.29, 1.82) is 0 Å². The summed E-state index contributed by atoms with van der Waals surface area (Å²) in [7, 11) is 0. The van der Waals surface area contributed by atoms with Gasteiger partial charge in [-0.3, -0.25) is 5.43 Å². The van der Waals surface area contributed by atoms with Crippen LogP contribution in [0, 0.1) is 13.8 Å². The van der Waals surface area contributed by atoms with Gasteiger partial charge in [0.2, 0.25) is 0 Å². The van der Waals surface area contributed by atoms with Crippen molar-refractivity contribution in [2.75, 3.05) is 5.43 Å². The van der Waals surface area contributed by atoms with E-state index in [1.807, 2.05) is 19.1 Å². The Balaban J connectivity index is 1.70. The maximum atomic E-state index is 9.94. The van der Waals surface area contributed by atoms with Crippen molar-refractivity contribution < 1.29 is 5.11 Å². The summed E-state index contributed by atoms with van der Waals surface area (Å²) in [4.78, 5) is 9.63. The molecule has 0 saturated carbocycles. The fraction of sp³-hybridized carbons (Fsp3) is 0.0952. The molecule has 134 valence electrons. The van der Waals surface area contributed by atoms with Crippen LogP contribution in [-0.4, -0.2) is 21.3 Å². The standard InChI is InChI=1S/C21H18N4OS/c1-13-3-6-15(7-4-13)17-11-27-21-19(17)20(22-12-23-21)25-24-10-16-9-14(2)5-8-18(16)26/h3-12,26H,1-2H3,(H,22,23,25). The second-order valence-electron chi connectivity index (χ2n) is 6.35. The summed E-state index contributed by atoms with van der Waals surface area (Å²) < 4.78 is 0. The number of hydrogen-bond donors (Lipinski definition) is 2. The maximum Gasteiger partial charge on any atom is 0.159 e. The predicted octanol–water partition coefficient (Wildman–Crippen LogP) is 5.13. The van der Waals surface area contributed by atoms with Crippen molar-refractivity contribution in [3.63, 3.8) is 0 Å². The minimum absolute atomic E-state index is 0.190. The summed E-state index contributed by atoms with van der Waals surface area (Å²) in [5, 5.41) is 17.2. The molecule has 0 spiro atoms. The number of nitrogens with one attached hydrogen (secondary N) is 1. The highest BCUT2D eigenvalue weighted by Crippen LogP contribution is 2.36. The normalized spacial score (nSPS) is 11.3. The van der Waals surface area contributed by atoms with Crippen molar-refractivity contribution in [3.05, 3.63) is 70.9 Å². The maximum absolute atomic E-state index is 9.94. The first-order valence-electron chi connectivity index (χ1n) is 8.50. The molecule has 0 unspecified atom stereocenters. The summed E-state index contributed by atoms with van der Waals surface area (Å²) in [6, 6.07) is 13.8. The van der Waals surface area contributed by atoms with E-state index in [2.05, 4.69) is 57.1 Å². The van der Waals surface area contributed by atoms with Crippen LogP contribution in [0.5, 0.6) is 5.75 Å². The zero-order valence-corrected chi connectivity index (χ0v) is 15.8. The summed E-state index contributed by atoms with van der Waals surface area (Å²) in [5.74, 6) is 0.829. The average molecular weight is 374 g/mol. The largest absolute Gasteiger partial charge is 0.507 e. The highest BCUT2D eigenvalue weighted by Gasteiger charge is 2.12. The molecule has 0 amide bonds. The van der Waals surface area contributed by atoms with Gasteiger partial charge in [0.15, 0.2) is 5.82 Å². The van der Waals surface area contributed by atoms with Crippen LogP contribution in [0.15, 0.2) is 59.3 Å². The van der Waals surface area contributed by atoms with Gasteiger partial charge in [-0.2, -0.15) is 5.10 Å². The number of rotatable bonds is 4. The van der Waals surface area contributed by atoms with E-state index in [9.17, 15) is 5.11 Å². The second-order valence-corrected chi connectivity index (χ2v) is 7.21. The van der Waals surface area contributed by atoms with Crippen molar-refractivity contribution in [1.82, 2.24) is 9.97 Å². The van der Waals surface area contributed by atoms with E-state index in [1.54, 1.807) is 23.6 Å². The number of phenolic OH excluding ortho intramolecular Hbond substituents is 1. The topological polar surface area (TPSA) is 70.4 Å². The monoisotopic (exact) mass is 374 g/mol. The van der Waals surface area contributed by atoms with Gasteiger partial charge in [-0.15, -0.1) is 11.3 Å². The SMILES string of the molecule is Cc1ccc(-c2csc3ncnc(NN=Cc4cc(C)ccc4O)c23)cc1. The van der Waals surface area contributed by atoms with Gasteiger partial charge in [-0.25, -0.2) is 9.97 Å². The zero-order valence-electron chi connectivity index (χ0n) is 15.0. The number of thiophene rings is 1. The number of nitrogens with zero attached hydrogens (tertiary/aromatic N) is 3. The van der Waals surface area contributed by atoms with Crippen LogP contribution < -0.4 is 5.43 Å². The van der Waals surface area contributed by atoms with Gasteiger partial charge in [0, 0.05) is 16.5 Å². The van der Waals surface area contributed by atoms with E-state index in [0.717, 1.165) is 26.9 Å². The summed E-state index contributed by atoms with van der Waals surface area (Å²) in [5.41, 5.74) is 8.12. The first-order valence-corrected chi connectivity index (χ1v) is 9.38. The Labute approximate surface area is 161 Å². The fourth-order valence-corrected chi connectivity index (χ4v) is 3.76.